The lowest BCUT2D eigenvalue weighted by molar-refractivity contribution is -0.144. The molecule has 0 aromatic rings. The van der Waals surface area contributed by atoms with E-state index in [0.717, 1.165) is 0 Å². The van der Waals surface area contributed by atoms with Crippen molar-refractivity contribution in [2.75, 3.05) is 0 Å². The molecule has 0 radical (unpaired) electrons. The molecule has 0 amide bonds. The van der Waals surface area contributed by atoms with Gasteiger partial charge in [-0.15, -0.1) is 0 Å². The zero-order valence-electron chi connectivity index (χ0n) is 10.3. The van der Waals surface area contributed by atoms with Crippen LogP contribution in [0.3, 0.4) is 0 Å². The monoisotopic (exact) mass is 226 g/mol. The number of aliphatic hydroxyl groups is 1. The molecular formula is C13H22O3. The second-order valence-corrected chi connectivity index (χ2v) is 3.95. The molecule has 3 heteroatoms. The molecule has 0 aliphatic carbocycles. The second-order valence-electron chi connectivity index (χ2n) is 3.95. The highest BCUT2D eigenvalue weighted by atomic mass is 16.4. The Hall–Kier alpha value is -1.09. The van der Waals surface area contributed by atoms with E-state index in [9.17, 15) is 15.0 Å². The van der Waals surface area contributed by atoms with Crippen LogP contribution in [0.1, 0.15) is 40.0 Å². The van der Waals surface area contributed by atoms with E-state index >= 15 is 0 Å². The molecule has 0 aliphatic heterocycles. The fourth-order valence-corrected chi connectivity index (χ4v) is 1.68. The molecule has 1 atom stereocenters. The number of carbonyl (C=O) groups is 1. The van der Waals surface area contributed by atoms with Crippen molar-refractivity contribution in [3.05, 3.63) is 24.3 Å². The number of rotatable bonds is 7. The van der Waals surface area contributed by atoms with Gasteiger partial charge in [0.2, 0.25) is 0 Å². The lowest BCUT2D eigenvalue weighted by atomic mass is 9.81. The second kappa shape index (κ2) is 7.23. The highest BCUT2D eigenvalue weighted by Gasteiger charge is 2.32. The van der Waals surface area contributed by atoms with Crippen LogP contribution in [0.25, 0.3) is 0 Å². The van der Waals surface area contributed by atoms with Gasteiger partial charge in [-0.1, -0.05) is 31.2 Å². The first-order valence-corrected chi connectivity index (χ1v) is 5.71. The Balaban J connectivity index is 4.83. The van der Waals surface area contributed by atoms with Gasteiger partial charge in [0.25, 0.3) is 0 Å². The number of carboxylic acids is 1. The van der Waals surface area contributed by atoms with Gasteiger partial charge in [0.15, 0.2) is 0 Å². The lowest BCUT2D eigenvalue weighted by Gasteiger charge is -2.23. The van der Waals surface area contributed by atoms with Crippen molar-refractivity contribution < 1.29 is 15.0 Å². The SMILES string of the molecule is C/C=C\C(/C=C\C)(CCC(O)CC)C(=O)O. The molecule has 0 aromatic carbocycles. The van der Waals surface area contributed by atoms with E-state index in [2.05, 4.69) is 0 Å². The zero-order chi connectivity index (χ0) is 12.6. The molecule has 1 unspecified atom stereocenters. The van der Waals surface area contributed by atoms with Crippen LogP contribution in [0.15, 0.2) is 24.3 Å². The Labute approximate surface area is 97.5 Å². The van der Waals surface area contributed by atoms with Crippen LogP contribution < -0.4 is 0 Å². The normalized spacial score (nSPS) is 14.8. The lowest BCUT2D eigenvalue weighted by Crippen LogP contribution is -2.28. The molecule has 0 saturated heterocycles. The molecule has 0 rings (SSSR count). The predicted octanol–water partition coefficient (Wildman–Crippen LogP) is 2.76. The largest absolute Gasteiger partial charge is 0.480 e. The molecule has 0 aromatic heterocycles. The third kappa shape index (κ3) is 4.19. The molecule has 0 fully saturated rings. The molecule has 3 nitrogen and oxygen atoms in total. The Morgan fingerprint density at radius 2 is 1.81 bits per heavy atom. The molecule has 0 spiro atoms. The van der Waals surface area contributed by atoms with E-state index in [0.29, 0.717) is 19.3 Å². The van der Waals surface area contributed by atoms with Gasteiger partial charge in [0, 0.05) is 0 Å². The summed E-state index contributed by atoms with van der Waals surface area (Å²) in [6.07, 6.45) is 7.99. The topological polar surface area (TPSA) is 57.5 Å². The van der Waals surface area contributed by atoms with E-state index in [1.807, 2.05) is 6.92 Å². The van der Waals surface area contributed by atoms with Crippen LogP contribution in [-0.4, -0.2) is 22.3 Å². The molecule has 0 bridgehead atoms. The summed E-state index contributed by atoms with van der Waals surface area (Å²) in [6, 6.07) is 0. The first kappa shape index (κ1) is 14.9. The summed E-state index contributed by atoms with van der Waals surface area (Å²) < 4.78 is 0. The van der Waals surface area contributed by atoms with Gasteiger partial charge >= 0.3 is 5.97 Å². The van der Waals surface area contributed by atoms with Gasteiger partial charge in [-0.25, -0.2) is 0 Å². The van der Waals surface area contributed by atoms with Gasteiger partial charge in [-0.05, 0) is 33.1 Å². The van der Waals surface area contributed by atoms with Crippen LogP contribution >= 0.6 is 0 Å². The summed E-state index contributed by atoms with van der Waals surface area (Å²) in [6.45, 7) is 5.49. The van der Waals surface area contributed by atoms with Crippen molar-refractivity contribution in [1.29, 1.82) is 0 Å². The van der Waals surface area contributed by atoms with Crippen molar-refractivity contribution >= 4 is 5.97 Å². The van der Waals surface area contributed by atoms with Crippen LogP contribution in [-0.2, 0) is 4.79 Å². The first-order valence-electron chi connectivity index (χ1n) is 5.71. The minimum absolute atomic E-state index is 0.422. The van der Waals surface area contributed by atoms with Crippen molar-refractivity contribution in [1.82, 2.24) is 0 Å². The maximum absolute atomic E-state index is 11.3. The Kier molecular flexibility index (Phi) is 6.74. The van der Waals surface area contributed by atoms with Crippen molar-refractivity contribution in [3.63, 3.8) is 0 Å². The Bertz CT molecular complexity index is 254. The first-order chi connectivity index (χ1) is 7.52. The van der Waals surface area contributed by atoms with Crippen LogP contribution in [0.5, 0.6) is 0 Å². The van der Waals surface area contributed by atoms with Crippen LogP contribution in [0, 0.1) is 5.41 Å². The molecule has 16 heavy (non-hydrogen) atoms. The number of carboxylic acid groups (broad SMARTS) is 1. The predicted molar refractivity (Wildman–Crippen MR) is 65.2 cm³/mol. The zero-order valence-corrected chi connectivity index (χ0v) is 10.3. The molecule has 0 saturated carbocycles. The van der Waals surface area contributed by atoms with Gasteiger partial charge < -0.3 is 10.2 Å². The molecule has 2 N–H and O–H groups in total. The maximum atomic E-state index is 11.3. The number of aliphatic carboxylic acids is 1. The standard InChI is InChI=1S/C13H22O3/c1-4-8-13(9-5-2,12(15)16)10-7-11(14)6-3/h4-5,8-9,11,14H,6-7,10H2,1-3H3,(H,15,16)/b8-4-,9-5-. The van der Waals surface area contributed by atoms with E-state index in [1.165, 1.54) is 0 Å². The summed E-state index contributed by atoms with van der Waals surface area (Å²) in [5, 5.41) is 18.8. The number of allylic oxidation sites excluding steroid dienone is 2. The Morgan fingerprint density at radius 3 is 2.12 bits per heavy atom. The van der Waals surface area contributed by atoms with E-state index in [4.69, 9.17) is 0 Å². The van der Waals surface area contributed by atoms with Crippen molar-refractivity contribution in [2.45, 2.75) is 46.1 Å². The smallest absolute Gasteiger partial charge is 0.317 e. The highest BCUT2D eigenvalue weighted by Crippen LogP contribution is 2.29. The fraction of sp³-hybridized carbons (Fsp3) is 0.615. The summed E-state index contributed by atoms with van der Waals surface area (Å²) in [7, 11) is 0. The van der Waals surface area contributed by atoms with E-state index in [-0.39, 0.29) is 0 Å². The molecule has 0 aliphatic rings. The third-order valence-corrected chi connectivity index (χ3v) is 2.69. The van der Waals surface area contributed by atoms with Crippen LogP contribution in [0.2, 0.25) is 0 Å². The summed E-state index contributed by atoms with van der Waals surface area (Å²) in [4.78, 5) is 11.3. The average Bonchev–Trinajstić information content (AvgIpc) is 2.25. The minimum Gasteiger partial charge on any atom is -0.480 e. The van der Waals surface area contributed by atoms with E-state index in [1.54, 1.807) is 38.2 Å². The van der Waals surface area contributed by atoms with Gasteiger partial charge in [-0.2, -0.15) is 0 Å². The molecular weight excluding hydrogens is 204 g/mol. The van der Waals surface area contributed by atoms with Crippen molar-refractivity contribution in [2.24, 2.45) is 5.41 Å². The maximum Gasteiger partial charge on any atom is 0.317 e. The number of aliphatic hydroxyl groups excluding tert-OH is 1. The quantitative estimate of drug-likeness (QED) is 0.656. The van der Waals surface area contributed by atoms with E-state index < -0.39 is 17.5 Å². The molecule has 92 valence electrons. The van der Waals surface area contributed by atoms with Crippen LogP contribution in [0.4, 0.5) is 0 Å². The number of hydrogen-bond acceptors (Lipinski definition) is 2. The minimum atomic E-state index is -0.973. The summed E-state index contributed by atoms with van der Waals surface area (Å²) in [5.74, 6) is -0.869. The third-order valence-electron chi connectivity index (χ3n) is 2.69. The van der Waals surface area contributed by atoms with Gasteiger partial charge in [0.1, 0.15) is 5.41 Å². The molecule has 0 heterocycles. The Morgan fingerprint density at radius 1 is 1.31 bits per heavy atom. The van der Waals surface area contributed by atoms with Gasteiger partial charge in [-0.3, -0.25) is 4.79 Å². The average molecular weight is 226 g/mol. The van der Waals surface area contributed by atoms with Crippen molar-refractivity contribution in [3.8, 4) is 0 Å². The highest BCUT2D eigenvalue weighted by molar-refractivity contribution is 5.79. The fourth-order valence-electron chi connectivity index (χ4n) is 1.68. The summed E-state index contributed by atoms with van der Waals surface area (Å²) >= 11 is 0. The summed E-state index contributed by atoms with van der Waals surface area (Å²) in [5.41, 5.74) is -0.973. The number of hydrogen-bond donors (Lipinski definition) is 2. The van der Waals surface area contributed by atoms with Gasteiger partial charge in [0.05, 0.1) is 6.10 Å².